The van der Waals surface area contributed by atoms with Crippen molar-refractivity contribution >= 4 is 11.4 Å². The van der Waals surface area contributed by atoms with Crippen molar-refractivity contribution in [3.8, 4) is 0 Å². The molecule has 3 nitrogen and oxygen atoms in total. The van der Waals surface area contributed by atoms with Crippen molar-refractivity contribution in [1.82, 2.24) is 9.80 Å². The smallest absolute Gasteiger partial charge is 0.190 e. The standard InChI is InChI=1S/C15H16N2O/c1-16-8-9-17(2)15-12(16)10-13(18)14(15)11-6-4-3-5-7-11/h3-7,10H,8-9H2,1-2H3. The molecule has 1 aliphatic carbocycles. The molecular weight excluding hydrogens is 224 g/mol. The second-order valence-corrected chi connectivity index (χ2v) is 4.83. The van der Waals surface area contributed by atoms with Crippen LogP contribution in [0.1, 0.15) is 5.56 Å². The van der Waals surface area contributed by atoms with Crippen LogP contribution >= 0.6 is 0 Å². The Labute approximate surface area is 107 Å². The first-order chi connectivity index (χ1) is 8.68. The summed E-state index contributed by atoms with van der Waals surface area (Å²) in [7, 11) is 4.10. The van der Waals surface area contributed by atoms with E-state index in [2.05, 4.69) is 16.8 Å². The molecule has 92 valence electrons. The number of benzene rings is 1. The van der Waals surface area contributed by atoms with Crippen LogP contribution in [0.2, 0.25) is 0 Å². The van der Waals surface area contributed by atoms with E-state index in [1.807, 2.05) is 37.4 Å². The molecule has 18 heavy (non-hydrogen) atoms. The average Bonchev–Trinajstić information content (AvgIpc) is 2.74. The fraction of sp³-hybridized carbons (Fsp3) is 0.267. The summed E-state index contributed by atoms with van der Waals surface area (Å²) >= 11 is 0. The van der Waals surface area contributed by atoms with Gasteiger partial charge in [0, 0.05) is 33.3 Å². The number of carbonyl (C=O) groups is 1. The summed E-state index contributed by atoms with van der Waals surface area (Å²) in [6, 6.07) is 9.92. The van der Waals surface area contributed by atoms with Crippen LogP contribution in [0, 0.1) is 0 Å². The Balaban J connectivity index is 2.16. The van der Waals surface area contributed by atoms with Gasteiger partial charge < -0.3 is 9.80 Å². The SMILES string of the molecule is CN1CCN(C)C2=C(c3ccccc3)C(=O)C=C21. The van der Waals surface area contributed by atoms with Gasteiger partial charge in [-0.1, -0.05) is 30.3 Å². The van der Waals surface area contributed by atoms with Crippen molar-refractivity contribution in [3.63, 3.8) is 0 Å². The average molecular weight is 240 g/mol. The van der Waals surface area contributed by atoms with E-state index in [1.54, 1.807) is 6.08 Å². The van der Waals surface area contributed by atoms with Gasteiger partial charge in [-0.25, -0.2) is 0 Å². The number of hydrogen-bond donors (Lipinski definition) is 0. The molecule has 1 aromatic carbocycles. The second kappa shape index (κ2) is 4.02. The molecule has 1 heterocycles. The number of ketones is 1. The zero-order valence-corrected chi connectivity index (χ0v) is 10.7. The lowest BCUT2D eigenvalue weighted by Crippen LogP contribution is -2.38. The monoisotopic (exact) mass is 240 g/mol. The van der Waals surface area contributed by atoms with Crippen LogP contribution in [-0.4, -0.2) is 42.8 Å². The summed E-state index contributed by atoms with van der Waals surface area (Å²) in [5, 5.41) is 0. The lowest BCUT2D eigenvalue weighted by Gasteiger charge is -2.36. The second-order valence-electron chi connectivity index (χ2n) is 4.83. The fourth-order valence-electron chi connectivity index (χ4n) is 2.60. The number of rotatable bonds is 1. The predicted octanol–water partition coefficient (Wildman–Crippen LogP) is 1.74. The highest BCUT2D eigenvalue weighted by molar-refractivity contribution is 6.30. The van der Waals surface area contributed by atoms with Crippen LogP contribution in [0.4, 0.5) is 0 Å². The van der Waals surface area contributed by atoms with Crippen molar-refractivity contribution in [1.29, 1.82) is 0 Å². The molecule has 0 atom stereocenters. The minimum atomic E-state index is 0.117. The molecule has 0 amide bonds. The molecule has 2 aliphatic rings. The van der Waals surface area contributed by atoms with Crippen LogP contribution in [0.25, 0.3) is 5.57 Å². The van der Waals surface area contributed by atoms with Gasteiger partial charge in [-0.2, -0.15) is 0 Å². The highest BCUT2D eigenvalue weighted by Crippen LogP contribution is 2.36. The van der Waals surface area contributed by atoms with Gasteiger partial charge in [0.25, 0.3) is 0 Å². The van der Waals surface area contributed by atoms with Gasteiger partial charge >= 0.3 is 0 Å². The highest BCUT2D eigenvalue weighted by Gasteiger charge is 2.32. The van der Waals surface area contributed by atoms with E-state index in [0.29, 0.717) is 0 Å². The van der Waals surface area contributed by atoms with E-state index in [4.69, 9.17) is 0 Å². The van der Waals surface area contributed by atoms with Crippen LogP contribution in [0.3, 0.4) is 0 Å². The maximum Gasteiger partial charge on any atom is 0.190 e. The molecule has 1 fully saturated rings. The molecule has 0 radical (unpaired) electrons. The molecule has 0 unspecified atom stereocenters. The van der Waals surface area contributed by atoms with E-state index in [9.17, 15) is 4.79 Å². The van der Waals surface area contributed by atoms with Gasteiger partial charge in [-0.05, 0) is 5.56 Å². The van der Waals surface area contributed by atoms with Crippen LogP contribution < -0.4 is 0 Å². The lowest BCUT2D eigenvalue weighted by atomic mass is 10.0. The fourth-order valence-corrected chi connectivity index (χ4v) is 2.60. The first kappa shape index (κ1) is 11.1. The Bertz CT molecular complexity index is 557. The third-order valence-corrected chi connectivity index (χ3v) is 3.62. The number of hydrogen-bond acceptors (Lipinski definition) is 3. The summed E-state index contributed by atoms with van der Waals surface area (Å²) < 4.78 is 0. The number of piperazine rings is 1. The third-order valence-electron chi connectivity index (χ3n) is 3.62. The molecule has 0 spiro atoms. The molecular formula is C15H16N2O. The quantitative estimate of drug-likeness (QED) is 0.747. The van der Waals surface area contributed by atoms with Crippen LogP contribution in [0.5, 0.6) is 0 Å². The van der Waals surface area contributed by atoms with Crippen molar-refractivity contribution in [2.45, 2.75) is 0 Å². The normalized spacial score (nSPS) is 19.2. The number of allylic oxidation sites excluding steroid dienone is 2. The maximum atomic E-state index is 12.2. The zero-order chi connectivity index (χ0) is 12.7. The lowest BCUT2D eigenvalue weighted by molar-refractivity contribution is -0.109. The van der Waals surface area contributed by atoms with E-state index < -0.39 is 0 Å². The number of fused-ring (bicyclic) bond motifs is 1. The van der Waals surface area contributed by atoms with E-state index >= 15 is 0 Å². The largest absolute Gasteiger partial charge is 0.371 e. The molecule has 1 aliphatic heterocycles. The van der Waals surface area contributed by atoms with Gasteiger partial charge in [-0.15, -0.1) is 0 Å². The first-order valence-electron chi connectivity index (χ1n) is 6.17. The Morgan fingerprint density at radius 3 is 2.39 bits per heavy atom. The summed E-state index contributed by atoms with van der Waals surface area (Å²) in [5.41, 5.74) is 3.96. The Morgan fingerprint density at radius 1 is 1.00 bits per heavy atom. The van der Waals surface area contributed by atoms with E-state index in [-0.39, 0.29) is 5.78 Å². The van der Waals surface area contributed by atoms with Crippen LogP contribution in [-0.2, 0) is 4.79 Å². The summed E-state index contributed by atoms with van der Waals surface area (Å²) in [5.74, 6) is 0.117. The molecule has 1 aromatic rings. The Kier molecular flexibility index (Phi) is 2.47. The molecule has 1 saturated heterocycles. The number of likely N-dealkylation sites (N-methyl/N-ethyl adjacent to an activating group) is 2. The van der Waals surface area contributed by atoms with E-state index in [0.717, 1.165) is 35.6 Å². The summed E-state index contributed by atoms with van der Waals surface area (Å²) in [4.78, 5) is 16.6. The topological polar surface area (TPSA) is 23.6 Å². The summed E-state index contributed by atoms with van der Waals surface area (Å²) in [6.45, 7) is 1.91. The highest BCUT2D eigenvalue weighted by atomic mass is 16.1. The van der Waals surface area contributed by atoms with Crippen LogP contribution in [0.15, 0.2) is 47.8 Å². The van der Waals surface area contributed by atoms with E-state index in [1.165, 1.54) is 0 Å². The zero-order valence-electron chi connectivity index (χ0n) is 10.7. The minimum Gasteiger partial charge on any atom is -0.371 e. The van der Waals surface area contributed by atoms with Gasteiger partial charge in [0.2, 0.25) is 0 Å². The molecule has 3 heteroatoms. The molecule has 3 rings (SSSR count). The molecule has 0 aromatic heterocycles. The van der Waals surface area contributed by atoms with Crippen molar-refractivity contribution in [2.24, 2.45) is 0 Å². The number of carbonyl (C=O) groups excluding carboxylic acids is 1. The van der Waals surface area contributed by atoms with Crippen molar-refractivity contribution < 1.29 is 4.79 Å². The Hall–Kier alpha value is -2.03. The number of nitrogens with zero attached hydrogens (tertiary/aromatic N) is 2. The maximum absolute atomic E-state index is 12.2. The minimum absolute atomic E-state index is 0.117. The molecule has 0 N–H and O–H groups in total. The van der Waals surface area contributed by atoms with Crippen molar-refractivity contribution in [2.75, 3.05) is 27.2 Å². The third kappa shape index (κ3) is 1.55. The van der Waals surface area contributed by atoms with Gasteiger partial charge in [0.05, 0.1) is 17.0 Å². The Morgan fingerprint density at radius 2 is 1.67 bits per heavy atom. The summed E-state index contributed by atoms with van der Waals surface area (Å²) in [6.07, 6.45) is 1.76. The molecule has 0 saturated carbocycles. The molecule has 0 bridgehead atoms. The predicted molar refractivity (Wildman–Crippen MR) is 71.7 cm³/mol. The van der Waals surface area contributed by atoms with Gasteiger partial charge in [-0.3, -0.25) is 4.79 Å². The van der Waals surface area contributed by atoms with Gasteiger partial charge in [0.1, 0.15) is 0 Å². The first-order valence-corrected chi connectivity index (χ1v) is 6.17. The van der Waals surface area contributed by atoms with Crippen molar-refractivity contribution in [3.05, 3.63) is 53.4 Å². The van der Waals surface area contributed by atoms with Gasteiger partial charge in [0.15, 0.2) is 5.78 Å².